The molecule has 2 amide bonds. The number of benzene rings is 2. The fraction of sp³-hybridized carbons (Fsp3) is 0.308. The van der Waals surface area contributed by atoms with E-state index in [1.54, 1.807) is 12.1 Å². The van der Waals surface area contributed by atoms with Gasteiger partial charge in [0.1, 0.15) is 0 Å². The van der Waals surface area contributed by atoms with Crippen molar-refractivity contribution in [1.82, 2.24) is 10.6 Å². The molecule has 0 saturated carbocycles. The van der Waals surface area contributed by atoms with Gasteiger partial charge in [0, 0.05) is 31.3 Å². The van der Waals surface area contributed by atoms with Crippen LogP contribution in [-0.4, -0.2) is 24.9 Å². The van der Waals surface area contributed by atoms with Gasteiger partial charge in [-0.1, -0.05) is 48.5 Å². The Morgan fingerprint density at radius 3 is 2.19 bits per heavy atom. The van der Waals surface area contributed by atoms with E-state index in [1.165, 1.54) is 28.5 Å². The largest absolute Gasteiger partial charge is 0.459 e. The molecule has 0 spiro atoms. The van der Waals surface area contributed by atoms with Crippen molar-refractivity contribution in [3.8, 4) is 0 Å². The van der Waals surface area contributed by atoms with Gasteiger partial charge in [0.05, 0.1) is 6.26 Å². The maximum atomic E-state index is 12.4. The van der Waals surface area contributed by atoms with Crippen molar-refractivity contribution in [2.75, 3.05) is 13.1 Å². The van der Waals surface area contributed by atoms with Crippen LogP contribution in [0.5, 0.6) is 0 Å². The van der Waals surface area contributed by atoms with E-state index in [2.05, 4.69) is 59.2 Å². The Kier molecular flexibility index (Phi) is 5.33. The number of fused-ring (bicyclic) bond motifs is 1. The van der Waals surface area contributed by atoms with Gasteiger partial charge in [0.25, 0.3) is 5.91 Å². The third-order valence-corrected chi connectivity index (χ3v) is 6.60. The van der Waals surface area contributed by atoms with E-state index in [1.807, 2.05) is 0 Å². The van der Waals surface area contributed by atoms with E-state index in [-0.39, 0.29) is 17.6 Å². The molecule has 6 rings (SSSR count). The second kappa shape index (κ2) is 8.42. The Hall–Kier alpha value is -3.34. The molecule has 2 bridgehead atoms. The molecule has 0 aliphatic heterocycles. The first kappa shape index (κ1) is 19.6. The third-order valence-electron chi connectivity index (χ3n) is 6.60. The SMILES string of the molecule is O=C(CCCNC(=O)c1ccco1)NCC1CC2c3ccccc3C1c1ccccc12. The maximum Gasteiger partial charge on any atom is 0.286 e. The van der Waals surface area contributed by atoms with Crippen molar-refractivity contribution in [3.05, 3.63) is 94.9 Å². The Balaban J connectivity index is 1.16. The lowest BCUT2D eigenvalue weighted by Gasteiger charge is -2.45. The van der Waals surface area contributed by atoms with Gasteiger partial charge >= 0.3 is 0 Å². The summed E-state index contributed by atoms with van der Waals surface area (Å²) >= 11 is 0. The Morgan fingerprint density at radius 1 is 0.871 bits per heavy atom. The molecule has 158 valence electrons. The highest BCUT2D eigenvalue weighted by Gasteiger charge is 2.42. The molecule has 1 heterocycles. The number of nitrogens with one attached hydrogen (secondary N) is 2. The molecular weight excluding hydrogens is 388 g/mol. The molecule has 3 aliphatic carbocycles. The maximum absolute atomic E-state index is 12.4. The van der Waals surface area contributed by atoms with Gasteiger partial charge in [0.2, 0.25) is 5.91 Å². The van der Waals surface area contributed by atoms with Gasteiger partial charge in [-0.2, -0.15) is 0 Å². The van der Waals surface area contributed by atoms with Crippen molar-refractivity contribution in [1.29, 1.82) is 0 Å². The van der Waals surface area contributed by atoms with Gasteiger partial charge in [0.15, 0.2) is 5.76 Å². The van der Waals surface area contributed by atoms with Crippen molar-refractivity contribution in [2.45, 2.75) is 31.1 Å². The van der Waals surface area contributed by atoms with Crippen molar-refractivity contribution in [3.63, 3.8) is 0 Å². The predicted molar refractivity (Wildman–Crippen MR) is 118 cm³/mol. The van der Waals surface area contributed by atoms with E-state index in [9.17, 15) is 9.59 Å². The van der Waals surface area contributed by atoms with Crippen molar-refractivity contribution in [2.24, 2.45) is 5.92 Å². The number of carbonyl (C=O) groups excluding carboxylic acids is 2. The number of hydrogen-bond donors (Lipinski definition) is 2. The first-order valence-corrected chi connectivity index (χ1v) is 11.0. The Bertz CT molecular complexity index is 1040. The molecule has 0 saturated heterocycles. The monoisotopic (exact) mass is 414 g/mol. The minimum Gasteiger partial charge on any atom is -0.459 e. The highest BCUT2D eigenvalue weighted by atomic mass is 16.3. The van der Waals surface area contributed by atoms with Crippen LogP contribution in [0.25, 0.3) is 0 Å². The van der Waals surface area contributed by atoms with Gasteiger partial charge in [-0.3, -0.25) is 9.59 Å². The zero-order valence-corrected chi connectivity index (χ0v) is 17.3. The Morgan fingerprint density at radius 2 is 1.55 bits per heavy atom. The summed E-state index contributed by atoms with van der Waals surface area (Å²) in [7, 11) is 0. The summed E-state index contributed by atoms with van der Waals surface area (Å²) in [5.41, 5.74) is 5.72. The smallest absolute Gasteiger partial charge is 0.286 e. The molecule has 1 unspecified atom stereocenters. The molecule has 0 radical (unpaired) electrons. The predicted octanol–water partition coefficient (Wildman–Crippen LogP) is 4.20. The lowest BCUT2D eigenvalue weighted by atomic mass is 9.59. The van der Waals surface area contributed by atoms with Gasteiger partial charge in [-0.25, -0.2) is 0 Å². The van der Waals surface area contributed by atoms with E-state index in [0.29, 0.717) is 43.7 Å². The van der Waals surface area contributed by atoms with Gasteiger partial charge in [-0.05, 0) is 53.1 Å². The lowest BCUT2D eigenvalue weighted by Crippen LogP contribution is -2.39. The van der Waals surface area contributed by atoms with Crippen molar-refractivity contribution >= 4 is 11.8 Å². The second-order valence-corrected chi connectivity index (χ2v) is 8.42. The summed E-state index contributed by atoms with van der Waals surface area (Å²) in [5.74, 6) is 1.23. The summed E-state index contributed by atoms with van der Waals surface area (Å²) in [6, 6.07) is 20.8. The lowest BCUT2D eigenvalue weighted by molar-refractivity contribution is -0.121. The van der Waals surface area contributed by atoms with Gasteiger partial charge < -0.3 is 15.1 Å². The highest BCUT2D eigenvalue weighted by molar-refractivity contribution is 5.91. The summed E-state index contributed by atoms with van der Waals surface area (Å²) in [6.45, 7) is 1.13. The molecule has 2 N–H and O–H groups in total. The second-order valence-electron chi connectivity index (χ2n) is 8.42. The minimum absolute atomic E-state index is 0.0373. The van der Waals surface area contributed by atoms with Crippen LogP contribution in [0.1, 0.15) is 63.9 Å². The van der Waals surface area contributed by atoms with E-state index in [4.69, 9.17) is 4.42 Å². The normalized spacial score (nSPS) is 20.6. The molecular formula is C26H26N2O3. The van der Waals surface area contributed by atoms with Crippen LogP contribution in [0, 0.1) is 5.92 Å². The molecule has 0 fully saturated rings. The van der Waals surface area contributed by atoms with Crippen LogP contribution >= 0.6 is 0 Å². The summed E-state index contributed by atoms with van der Waals surface area (Å²) in [5, 5.41) is 5.92. The van der Waals surface area contributed by atoms with Crippen LogP contribution in [0.3, 0.4) is 0 Å². The zero-order valence-electron chi connectivity index (χ0n) is 17.3. The first-order valence-electron chi connectivity index (χ1n) is 11.0. The van der Waals surface area contributed by atoms with Crippen LogP contribution in [0.2, 0.25) is 0 Å². The van der Waals surface area contributed by atoms with Crippen molar-refractivity contribution < 1.29 is 14.0 Å². The first-order chi connectivity index (χ1) is 15.2. The van der Waals surface area contributed by atoms with E-state index < -0.39 is 0 Å². The number of carbonyl (C=O) groups is 2. The molecule has 2 aromatic carbocycles. The number of amides is 2. The fourth-order valence-electron chi connectivity index (χ4n) is 5.24. The number of rotatable bonds is 7. The van der Waals surface area contributed by atoms with E-state index in [0.717, 1.165) is 6.42 Å². The summed E-state index contributed by atoms with van der Waals surface area (Å²) < 4.78 is 5.06. The third kappa shape index (κ3) is 3.76. The van der Waals surface area contributed by atoms with Gasteiger partial charge in [-0.15, -0.1) is 0 Å². The molecule has 31 heavy (non-hydrogen) atoms. The topological polar surface area (TPSA) is 71.3 Å². The molecule has 3 aliphatic rings. The average Bonchev–Trinajstić information content (AvgIpc) is 3.36. The summed E-state index contributed by atoms with van der Waals surface area (Å²) in [4.78, 5) is 24.3. The summed E-state index contributed by atoms with van der Waals surface area (Å²) in [6.07, 6.45) is 3.53. The average molecular weight is 415 g/mol. The minimum atomic E-state index is -0.249. The molecule has 3 aromatic rings. The molecule has 5 heteroatoms. The van der Waals surface area contributed by atoms with Crippen LogP contribution in [0.4, 0.5) is 0 Å². The highest BCUT2D eigenvalue weighted by Crippen LogP contribution is 2.55. The number of furan rings is 1. The molecule has 1 aromatic heterocycles. The standard InChI is InChI=1S/C26H26N2O3/c29-24(12-5-13-27-26(30)23-11-6-14-31-23)28-16-17-15-22-18-7-1-3-9-20(18)25(17)21-10-4-2-8-19(21)22/h1-4,6-11,14,17,22,25H,5,12-13,15-16H2,(H,27,30)(H,28,29). The zero-order chi connectivity index (χ0) is 21.2. The van der Waals surface area contributed by atoms with E-state index >= 15 is 0 Å². The van der Waals surface area contributed by atoms with Crippen LogP contribution in [-0.2, 0) is 4.79 Å². The van der Waals surface area contributed by atoms with Crippen LogP contribution in [0.15, 0.2) is 71.3 Å². The molecule has 1 atom stereocenters. The fourth-order valence-corrected chi connectivity index (χ4v) is 5.24. The molecule has 5 nitrogen and oxygen atoms in total. The number of hydrogen-bond acceptors (Lipinski definition) is 3. The Labute approximate surface area is 181 Å². The van der Waals surface area contributed by atoms with Crippen LogP contribution < -0.4 is 10.6 Å². The quantitative estimate of drug-likeness (QED) is 0.569.